The number of nitrogens with zero attached hydrogens (tertiary/aromatic N) is 4. The number of rotatable bonds is 10. The topological polar surface area (TPSA) is 134 Å². The molecule has 1 saturated carbocycles. The van der Waals surface area contributed by atoms with Gasteiger partial charge in [-0.25, -0.2) is 14.8 Å². The molecule has 2 aliphatic heterocycles. The van der Waals surface area contributed by atoms with Crippen molar-refractivity contribution in [3.05, 3.63) is 113 Å². The molecule has 252 valence electrons. The number of ether oxygens (including phenoxy) is 2. The van der Waals surface area contributed by atoms with Crippen LogP contribution in [0.2, 0.25) is 0 Å². The van der Waals surface area contributed by atoms with Gasteiger partial charge in [-0.1, -0.05) is 56.3 Å². The Bertz CT molecular complexity index is 1880. The lowest BCUT2D eigenvalue weighted by Gasteiger charge is -2.47. The molecule has 49 heavy (non-hydrogen) atoms. The molecule has 3 aliphatic rings. The molecule has 1 aliphatic carbocycles. The van der Waals surface area contributed by atoms with E-state index in [1.807, 2.05) is 60.4 Å². The summed E-state index contributed by atoms with van der Waals surface area (Å²) in [4.78, 5) is 49.1. The number of anilines is 1. The van der Waals surface area contributed by atoms with Gasteiger partial charge in [-0.15, -0.1) is 0 Å². The summed E-state index contributed by atoms with van der Waals surface area (Å²) in [5, 5.41) is 11.6. The largest absolute Gasteiger partial charge is 0.490 e. The van der Waals surface area contributed by atoms with E-state index in [1.54, 1.807) is 12.3 Å². The number of hydrogen-bond donors (Lipinski definition) is 2. The predicted octanol–water partition coefficient (Wildman–Crippen LogP) is 5.36. The normalized spacial score (nSPS) is 19.7. The van der Waals surface area contributed by atoms with E-state index >= 15 is 0 Å². The Morgan fingerprint density at radius 1 is 0.959 bits per heavy atom. The molecule has 0 atom stereocenters. The van der Waals surface area contributed by atoms with Gasteiger partial charge < -0.3 is 24.8 Å². The van der Waals surface area contributed by atoms with Crippen molar-refractivity contribution in [2.75, 3.05) is 18.0 Å². The van der Waals surface area contributed by atoms with Gasteiger partial charge in [0.2, 0.25) is 11.9 Å². The fourth-order valence-corrected chi connectivity index (χ4v) is 6.92. The van der Waals surface area contributed by atoms with E-state index in [-0.39, 0.29) is 42.4 Å². The van der Waals surface area contributed by atoms with Crippen LogP contribution in [0.5, 0.6) is 11.5 Å². The number of fused-ring (bicyclic) bond motifs is 1. The maximum Gasteiger partial charge on any atom is 0.405 e. The van der Waals surface area contributed by atoms with Gasteiger partial charge in [0.15, 0.2) is 0 Å². The van der Waals surface area contributed by atoms with Crippen LogP contribution in [0.4, 0.5) is 10.7 Å². The Hall–Kier alpha value is -5.45. The summed E-state index contributed by atoms with van der Waals surface area (Å²) < 4.78 is 12.2. The van der Waals surface area contributed by atoms with Gasteiger partial charge >= 0.3 is 6.09 Å². The molecule has 4 aromatic rings. The smallest absolute Gasteiger partial charge is 0.405 e. The summed E-state index contributed by atoms with van der Waals surface area (Å²) in [7, 11) is 0. The van der Waals surface area contributed by atoms with Crippen LogP contribution in [-0.2, 0) is 23.2 Å². The van der Waals surface area contributed by atoms with Crippen molar-refractivity contribution < 1.29 is 29.0 Å². The first-order valence-corrected chi connectivity index (χ1v) is 16.5. The molecule has 3 aromatic carbocycles. The molecule has 2 N–H and O–H groups in total. The Kier molecular flexibility index (Phi) is 8.22. The summed E-state index contributed by atoms with van der Waals surface area (Å²) in [6, 6.07) is 25.2. The van der Waals surface area contributed by atoms with E-state index in [0.717, 1.165) is 33.9 Å². The van der Waals surface area contributed by atoms with Crippen molar-refractivity contribution in [1.82, 2.24) is 20.2 Å². The number of carboxylic acid groups (broad SMARTS) is 1. The van der Waals surface area contributed by atoms with Crippen LogP contribution in [-0.4, -0.2) is 68.7 Å². The third kappa shape index (κ3) is 6.53. The zero-order valence-electron chi connectivity index (χ0n) is 27.8. The average Bonchev–Trinajstić information content (AvgIpc) is 3.05. The van der Waals surface area contributed by atoms with E-state index < -0.39 is 11.6 Å². The van der Waals surface area contributed by atoms with Crippen LogP contribution in [0, 0.1) is 0 Å². The van der Waals surface area contributed by atoms with Crippen molar-refractivity contribution >= 4 is 23.9 Å². The van der Waals surface area contributed by atoms with Crippen molar-refractivity contribution in [3.63, 3.8) is 0 Å². The fourth-order valence-electron chi connectivity index (χ4n) is 6.92. The lowest BCUT2D eigenvalue weighted by Crippen LogP contribution is -2.69. The standard InChI is InChI=1S/C38H39N5O6/c1-37(2,25-8-12-29(13-9-25)48-21-27-16-17-39-35(40-27)42-22-38(3,23-42)41-36(46)47)26-10-14-30(15-11-26)49-31-19-28(20-31)43-33(44)18-24-6-4-5-7-32(24)34(43)45/h4-17,28,31,41H,18-23H2,1-3H3,(H,46,47). The number of aromatic nitrogens is 2. The summed E-state index contributed by atoms with van der Waals surface area (Å²) in [6.45, 7) is 7.48. The minimum Gasteiger partial charge on any atom is -0.490 e. The quantitative estimate of drug-likeness (QED) is 0.215. The first kappa shape index (κ1) is 32.1. The van der Waals surface area contributed by atoms with Gasteiger partial charge in [0, 0.05) is 49.1 Å². The molecule has 11 nitrogen and oxygen atoms in total. The maximum atomic E-state index is 13.0. The number of nitrogens with one attached hydrogen (secondary N) is 1. The lowest BCUT2D eigenvalue weighted by molar-refractivity contribution is -0.133. The van der Waals surface area contributed by atoms with Gasteiger partial charge in [-0.3, -0.25) is 14.5 Å². The molecule has 2 fully saturated rings. The fraction of sp³-hybridized carbons (Fsp3) is 0.342. The summed E-state index contributed by atoms with van der Waals surface area (Å²) in [5.74, 6) is 1.70. The van der Waals surface area contributed by atoms with Gasteiger partial charge in [0.05, 0.1) is 17.7 Å². The number of amides is 3. The monoisotopic (exact) mass is 661 g/mol. The molecular weight excluding hydrogens is 622 g/mol. The minimum atomic E-state index is -1.04. The number of imide groups is 1. The second-order valence-electron chi connectivity index (χ2n) is 13.9. The Labute approximate surface area is 284 Å². The summed E-state index contributed by atoms with van der Waals surface area (Å²) in [5.41, 5.74) is 3.63. The number of carbonyl (C=O) groups is 3. The number of carbonyl (C=O) groups excluding carboxylic acids is 2. The zero-order valence-corrected chi connectivity index (χ0v) is 27.8. The first-order chi connectivity index (χ1) is 23.5. The molecule has 7 rings (SSSR count). The maximum absolute atomic E-state index is 13.0. The molecule has 0 bridgehead atoms. The van der Waals surface area contributed by atoms with Crippen LogP contribution in [0.3, 0.4) is 0 Å². The van der Waals surface area contributed by atoms with Crippen molar-refractivity contribution in [3.8, 4) is 11.5 Å². The molecule has 1 aromatic heterocycles. The van der Waals surface area contributed by atoms with Crippen LogP contribution in [0.25, 0.3) is 0 Å². The van der Waals surface area contributed by atoms with Gasteiger partial charge in [-0.2, -0.15) is 0 Å². The molecule has 0 radical (unpaired) electrons. The van der Waals surface area contributed by atoms with E-state index in [2.05, 4.69) is 53.4 Å². The van der Waals surface area contributed by atoms with Crippen LogP contribution >= 0.6 is 0 Å². The van der Waals surface area contributed by atoms with E-state index in [9.17, 15) is 14.4 Å². The van der Waals surface area contributed by atoms with Gasteiger partial charge in [0.25, 0.3) is 5.91 Å². The number of hydrogen-bond acceptors (Lipinski definition) is 8. The highest BCUT2D eigenvalue weighted by Gasteiger charge is 2.43. The minimum absolute atomic E-state index is 0.0456. The summed E-state index contributed by atoms with van der Waals surface area (Å²) in [6.07, 6.45) is 2.12. The Morgan fingerprint density at radius 3 is 2.29 bits per heavy atom. The summed E-state index contributed by atoms with van der Waals surface area (Å²) >= 11 is 0. The first-order valence-electron chi connectivity index (χ1n) is 16.5. The van der Waals surface area contributed by atoms with E-state index in [0.29, 0.717) is 37.4 Å². The molecular formula is C38H39N5O6. The van der Waals surface area contributed by atoms with E-state index in [1.165, 1.54) is 4.90 Å². The van der Waals surface area contributed by atoms with Gasteiger partial charge in [-0.05, 0) is 60.0 Å². The highest BCUT2D eigenvalue weighted by atomic mass is 16.5. The highest BCUT2D eigenvalue weighted by molar-refractivity contribution is 6.10. The second-order valence-corrected chi connectivity index (χ2v) is 13.9. The van der Waals surface area contributed by atoms with Gasteiger partial charge in [0.1, 0.15) is 24.2 Å². The Morgan fingerprint density at radius 2 is 1.61 bits per heavy atom. The third-order valence-electron chi connectivity index (χ3n) is 9.83. The molecule has 3 amide bonds. The zero-order chi connectivity index (χ0) is 34.3. The molecule has 0 spiro atoms. The van der Waals surface area contributed by atoms with Crippen molar-refractivity contribution in [2.45, 2.75) is 69.7 Å². The Balaban J connectivity index is 0.905. The second kappa shape index (κ2) is 12.5. The SMILES string of the molecule is CC1(NC(=O)O)CN(c2nccc(COc3ccc(C(C)(C)c4ccc(OC5CC(N6C(=O)Cc7ccccc7C6=O)C5)cc4)cc3)n2)C1. The third-order valence-corrected chi connectivity index (χ3v) is 9.83. The average molecular weight is 662 g/mol. The molecule has 0 unspecified atom stereocenters. The van der Waals surface area contributed by atoms with E-state index in [4.69, 9.17) is 14.6 Å². The van der Waals surface area contributed by atoms with Crippen LogP contribution < -0.4 is 19.7 Å². The van der Waals surface area contributed by atoms with Crippen molar-refractivity contribution in [2.24, 2.45) is 0 Å². The predicted molar refractivity (Wildman–Crippen MR) is 182 cm³/mol. The highest BCUT2D eigenvalue weighted by Crippen LogP contribution is 2.36. The molecule has 1 saturated heterocycles. The van der Waals surface area contributed by atoms with Crippen LogP contribution in [0.15, 0.2) is 85.1 Å². The number of benzene rings is 3. The molecule has 3 heterocycles. The molecule has 11 heteroatoms. The van der Waals surface area contributed by atoms with Crippen LogP contribution in [0.1, 0.15) is 66.4 Å². The van der Waals surface area contributed by atoms with Crippen molar-refractivity contribution in [1.29, 1.82) is 0 Å². The lowest BCUT2D eigenvalue weighted by atomic mass is 9.78.